The number of pyridine rings is 1. The molecule has 2 aromatic heterocycles. The third-order valence-corrected chi connectivity index (χ3v) is 2.81. The fourth-order valence-corrected chi connectivity index (χ4v) is 1.80. The maximum absolute atomic E-state index is 12.4. The van der Waals surface area contributed by atoms with Gasteiger partial charge in [0, 0.05) is 20.3 Å². The first kappa shape index (κ1) is 15.5. The summed E-state index contributed by atoms with van der Waals surface area (Å²) >= 11 is 0. The van der Waals surface area contributed by atoms with Crippen LogP contribution in [0.5, 0.6) is 11.9 Å². The summed E-state index contributed by atoms with van der Waals surface area (Å²) in [5.41, 5.74) is 0.784. The minimum Gasteiger partial charge on any atom is -0.480 e. The van der Waals surface area contributed by atoms with Gasteiger partial charge in [-0.1, -0.05) is 0 Å². The number of carbonyl (C=O) groups is 1. The average molecular weight is 303 g/mol. The average Bonchev–Trinajstić information content (AvgIpc) is 2.54. The number of nitrogens with one attached hydrogen (secondary N) is 1. The molecule has 2 heterocycles. The van der Waals surface area contributed by atoms with Crippen molar-refractivity contribution >= 4 is 17.4 Å². The third-order valence-electron chi connectivity index (χ3n) is 2.81. The number of ether oxygens (including phenoxy) is 2. The van der Waals surface area contributed by atoms with Gasteiger partial charge in [0.15, 0.2) is 5.82 Å². The van der Waals surface area contributed by atoms with Gasteiger partial charge in [-0.05, 0) is 12.1 Å². The lowest BCUT2D eigenvalue weighted by atomic mass is 10.2. The molecule has 2 aromatic rings. The van der Waals surface area contributed by atoms with Crippen molar-refractivity contribution in [1.82, 2.24) is 15.0 Å². The Bertz CT molecular complexity index is 675. The number of methoxy groups -OCH3 is 2. The lowest BCUT2D eigenvalue weighted by Gasteiger charge is -2.17. The topological polar surface area (TPSA) is 89.5 Å². The highest BCUT2D eigenvalue weighted by atomic mass is 16.5. The summed E-state index contributed by atoms with van der Waals surface area (Å²) < 4.78 is 10.1. The van der Waals surface area contributed by atoms with Crippen molar-refractivity contribution in [2.45, 2.75) is 0 Å². The van der Waals surface area contributed by atoms with Crippen molar-refractivity contribution in [2.24, 2.45) is 0 Å². The van der Waals surface area contributed by atoms with Gasteiger partial charge >= 0.3 is 6.01 Å². The van der Waals surface area contributed by atoms with Crippen molar-refractivity contribution in [3.63, 3.8) is 0 Å². The van der Waals surface area contributed by atoms with E-state index in [9.17, 15) is 4.79 Å². The molecule has 0 saturated carbocycles. The summed E-state index contributed by atoms with van der Waals surface area (Å²) in [4.78, 5) is 26.4. The molecule has 1 amide bonds. The summed E-state index contributed by atoms with van der Waals surface area (Å²) in [7, 11) is 6.55. The normalized spacial score (nSPS) is 10.0. The molecule has 0 aromatic carbocycles. The summed E-state index contributed by atoms with van der Waals surface area (Å²) in [5.74, 6) is 0.422. The maximum atomic E-state index is 12.4. The Morgan fingerprint density at radius 1 is 1.23 bits per heavy atom. The minimum absolute atomic E-state index is 0.223. The van der Waals surface area contributed by atoms with E-state index in [4.69, 9.17) is 9.47 Å². The second kappa shape index (κ2) is 6.70. The van der Waals surface area contributed by atoms with E-state index in [1.807, 2.05) is 14.1 Å². The molecule has 0 aliphatic rings. The first-order valence-electron chi connectivity index (χ1n) is 6.45. The molecule has 0 aliphatic carbocycles. The van der Waals surface area contributed by atoms with E-state index >= 15 is 0 Å². The van der Waals surface area contributed by atoms with Gasteiger partial charge in [0.05, 0.1) is 20.4 Å². The molecule has 0 fully saturated rings. The van der Waals surface area contributed by atoms with E-state index in [-0.39, 0.29) is 17.8 Å². The zero-order valence-electron chi connectivity index (χ0n) is 12.8. The van der Waals surface area contributed by atoms with Gasteiger partial charge in [-0.2, -0.15) is 4.98 Å². The zero-order valence-corrected chi connectivity index (χ0v) is 12.8. The van der Waals surface area contributed by atoms with E-state index in [1.54, 1.807) is 23.2 Å². The number of carbonyl (C=O) groups excluding carboxylic acids is 1. The Labute approximate surface area is 128 Å². The minimum atomic E-state index is -0.359. The number of anilines is 2. The fourth-order valence-electron chi connectivity index (χ4n) is 1.80. The molecular formula is C14H17N5O3. The maximum Gasteiger partial charge on any atom is 0.318 e. The lowest BCUT2D eigenvalue weighted by molar-refractivity contribution is 0.102. The van der Waals surface area contributed by atoms with Crippen LogP contribution in [-0.2, 0) is 0 Å². The van der Waals surface area contributed by atoms with Gasteiger partial charge in [0.25, 0.3) is 5.91 Å². The third kappa shape index (κ3) is 3.22. The van der Waals surface area contributed by atoms with Crippen LogP contribution in [0.3, 0.4) is 0 Å². The molecule has 8 nitrogen and oxygen atoms in total. The van der Waals surface area contributed by atoms with Gasteiger partial charge in [0.2, 0.25) is 5.88 Å². The number of aromatic nitrogens is 3. The molecule has 116 valence electrons. The number of rotatable bonds is 5. The van der Waals surface area contributed by atoms with Crippen LogP contribution in [-0.4, -0.2) is 49.2 Å². The Balaban J connectivity index is 2.32. The molecule has 0 spiro atoms. The van der Waals surface area contributed by atoms with Crippen LogP contribution in [0.15, 0.2) is 24.5 Å². The highest BCUT2D eigenvalue weighted by Gasteiger charge is 2.17. The van der Waals surface area contributed by atoms with Crippen LogP contribution in [0.25, 0.3) is 0 Å². The largest absolute Gasteiger partial charge is 0.480 e. The molecule has 1 N–H and O–H groups in total. The van der Waals surface area contributed by atoms with Crippen molar-refractivity contribution in [1.29, 1.82) is 0 Å². The van der Waals surface area contributed by atoms with E-state index in [0.717, 1.165) is 0 Å². The van der Waals surface area contributed by atoms with E-state index in [0.29, 0.717) is 17.1 Å². The number of hydrogen-bond acceptors (Lipinski definition) is 7. The number of nitrogens with zero attached hydrogens (tertiary/aromatic N) is 4. The summed E-state index contributed by atoms with van der Waals surface area (Å²) in [6.45, 7) is 0. The zero-order chi connectivity index (χ0) is 16.1. The first-order valence-corrected chi connectivity index (χ1v) is 6.45. The van der Waals surface area contributed by atoms with Crippen molar-refractivity contribution in [3.8, 4) is 11.9 Å². The predicted molar refractivity (Wildman–Crippen MR) is 81.7 cm³/mol. The first-order chi connectivity index (χ1) is 10.6. The number of amides is 1. The summed E-state index contributed by atoms with van der Waals surface area (Å²) in [6.07, 6.45) is 3.04. The standard InChI is InChI=1S/C14H17N5O3/c1-19(2)11-10(8-16-14(18-11)22-4)17-12(20)9-6-5-7-15-13(9)21-3/h5-8H,1-4H3,(H,17,20). The molecule has 22 heavy (non-hydrogen) atoms. The fraction of sp³-hybridized carbons (Fsp3) is 0.286. The van der Waals surface area contributed by atoms with Crippen molar-refractivity contribution < 1.29 is 14.3 Å². The van der Waals surface area contributed by atoms with Gasteiger partial charge < -0.3 is 19.7 Å². The molecule has 0 saturated heterocycles. The van der Waals surface area contributed by atoms with Gasteiger partial charge in [-0.15, -0.1) is 0 Å². The number of hydrogen-bond donors (Lipinski definition) is 1. The smallest absolute Gasteiger partial charge is 0.318 e. The lowest BCUT2D eigenvalue weighted by Crippen LogP contribution is -2.19. The molecule has 8 heteroatoms. The highest BCUT2D eigenvalue weighted by molar-refractivity contribution is 6.07. The monoisotopic (exact) mass is 303 g/mol. The van der Waals surface area contributed by atoms with Crippen molar-refractivity contribution in [2.75, 3.05) is 38.5 Å². The molecule has 0 atom stereocenters. The molecular weight excluding hydrogens is 286 g/mol. The Hall–Kier alpha value is -2.90. The quantitative estimate of drug-likeness (QED) is 0.887. The molecule has 0 aliphatic heterocycles. The van der Waals surface area contributed by atoms with Crippen LogP contribution in [0, 0.1) is 0 Å². The summed E-state index contributed by atoms with van der Waals surface area (Å²) in [6, 6.07) is 3.51. The predicted octanol–water partition coefficient (Wildman–Crippen LogP) is 1.21. The van der Waals surface area contributed by atoms with Crippen LogP contribution in [0.4, 0.5) is 11.5 Å². The van der Waals surface area contributed by atoms with Crippen LogP contribution in [0.2, 0.25) is 0 Å². The van der Waals surface area contributed by atoms with Gasteiger partial charge in [-0.25, -0.2) is 9.97 Å². The summed E-state index contributed by atoms with van der Waals surface area (Å²) in [5, 5.41) is 2.75. The van der Waals surface area contributed by atoms with E-state index < -0.39 is 0 Å². The van der Waals surface area contributed by atoms with E-state index in [1.165, 1.54) is 20.4 Å². The second-order valence-corrected chi connectivity index (χ2v) is 4.50. The van der Waals surface area contributed by atoms with Crippen molar-refractivity contribution in [3.05, 3.63) is 30.1 Å². The van der Waals surface area contributed by atoms with Crippen LogP contribution >= 0.6 is 0 Å². The molecule has 0 unspecified atom stereocenters. The van der Waals surface area contributed by atoms with Gasteiger partial charge in [-0.3, -0.25) is 4.79 Å². The van der Waals surface area contributed by atoms with Gasteiger partial charge in [0.1, 0.15) is 11.3 Å². The Morgan fingerprint density at radius 3 is 2.64 bits per heavy atom. The Morgan fingerprint density at radius 2 is 2.00 bits per heavy atom. The molecule has 2 rings (SSSR count). The van der Waals surface area contributed by atoms with E-state index in [2.05, 4.69) is 20.3 Å². The Kier molecular flexibility index (Phi) is 4.72. The molecule has 0 radical (unpaired) electrons. The molecule has 0 bridgehead atoms. The second-order valence-electron chi connectivity index (χ2n) is 4.50. The SMILES string of the molecule is COc1ncc(NC(=O)c2cccnc2OC)c(N(C)C)n1. The van der Waals surface area contributed by atoms with Crippen LogP contribution in [0.1, 0.15) is 10.4 Å². The highest BCUT2D eigenvalue weighted by Crippen LogP contribution is 2.24. The van der Waals surface area contributed by atoms with Crippen LogP contribution < -0.4 is 19.7 Å².